The number of benzene rings is 2. The highest BCUT2D eigenvalue weighted by atomic mass is 16.6. The molecule has 0 radical (unpaired) electrons. The Morgan fingerprint density at radius 2 is 1.74 bits per heavy atom. The molecule has 1 aliphatic rings. The lowest BCUT2D eigenvalue weighted by molar-refractivity contribution is -0.151. The number of hydrogen-bond donors (Lipinski definition) is 0. The van der Waals surface area contributed by atoms with Gasteiger partial charge in [-0.15, -0.1) is 0 Å². The van der Waals surface area contributed by atoms with E-state index in [0.717, 1.165) is 11.1 Å². The highest BCUT2D eigenvalue weighted by Gasteiger charge is 2.17. The van der Waals surface area contributed by atoms with Crippen molar-refractivity contribution in [2.24, 2.45) is 0 Å². The number of amides is 1. The number of carbonyl (C=O) groups excluding carboxylic acids is 2. The molecular formula is C21H23NO5. The second-order valence-corrected chi connectivity index (χ2v) is 6.21. The van der Waals surface area contributed by atoms with Crippen LogP contribution in [0.2, 0.25) is 0 Å². The minimum atomic E-state index is -0.448. The van der Waals surface area contributed by atoms with Crippen LogP contribution in [0.3, 0.4) is 0 Å². The quantitative estimate of drug-likeness (QED) is 0.702. The van der Waals surface area contributed by atoms with Gasteiger partial charge in [0.1, 0.15) is 13.2 Å². The third-order valence-electron chi connectivity index (χ3n) is 4.26. The first kappa shape index (κ1) is 18.8. The van der Waals surface area contributed by atoms with Crippen molar-refractivity contribution < 1.29 is 23.8 Å². The summed E-state index contributed by atoms with van der Waals surface area (Å²) >= 11 is 0. The summed E-state index contributed by atoms with van der Waals surface area (Å²) < 4.78 is 16.1. The Labute approximate surface area is 158 Å². The van der Waals surface area contributed by atoms with E-state index in [4.69, 9.17) is 14.2 Å². The van der Waals surface area contributed by atoms with Gasteiger partial charge >= 0.3 is 5.97 Å². The fourth-order valence-corrected chi connectivity index (χ4v) is 2.83. The third kappa shape index (κ3) is 5.23. The molecule has 0 saturated carbocycles. The van der Waals surface area contributed by atoms with Crippen LogP contribution < -0.4 is 9.47 Å². The molecule has 0 bridgehead atoms. The van der Waals surface area contributed by atoms with Gasteiger partial charge in [0.2, 0.25) is 0 Å². The molecule has 2 aromatic carbocycles. The topological polar surface area (TPSA) is 65.1 Å². The van der Waals surface area contributed by atoms with E-state index >= 15 is 0 Å². The molecule has 1 aliphatic heterocycles. The average molecular weight is 369 g/mol. The van der Waals surface area contributed by atoms with Crippen LogP contribution in [-0.2, 0) is 27.3 Å². The zero-order chi connectivity index (χ0) is 19.1. The van der Waals surface area contributed by atoms with Crippen molar-refractivity contribution in [3.63, 3.8) is 0 Å². The van der Waals surface area contributed by atoms with Crippen LogP contribution >= 0.6 is 0 Å². The molecule has 0 atom stereocenters. The van der Waals surface area contributed by atoms with E-state index in [2.05, 4.69) is 0 Å². The van der Waals surface area contributed by atoms with Gasteiger partial charge in [-0.05, 0) is 30.2 Å². The zero-order valence-electron chi connectivity index (χ0n) is 15.3. The maximum atomic E-state index is 12.3. The average Bonchev–Trinajstić information content (AvgIpc) is 2.71. The molecule has 3 rings (SSSR count). The van der Waals surface area contributed by atoms with E-state index in [9.17, 15) is 9.59 Å². The first-order valence-corrected chi connectivity index (χ1v) is 9.01. The smallest absolute Gasteiger partial charge is 0.310 e. The summed E-state index contributed by atoms with van der Waals surface area (Å²) in [5, 5.41) is 0. The Balaban J connectivity index is 1.49. The fraction of sp³-hybridized carbons (Fsp3) is 0.333. The maximum Gasteiger partial charge on any atom is 0.310 e. The monoisotopic (exact) mass is 369 g/mol. The minimum Gasteiger partial charge on any atom is -0.486 e. The Morgan fingerprint density at radius 1 is 1.00 bits per heavy atom. The number of rotatable bonds is 7. The Kier molecular flexibility index (Phi) is 6.30. The SMILES string of the molecule is CCN(Cc1ccccc1)C(=O)COC(=O)Cc1ccc2c(c1)OCCO2. The lowest BCUT2D eigenvalue weighted by Crippen LogP contribution is -2.34. The molecule has 1 amide bonds. The Bertz CT molecular complexity index is 790. The van der Waals surface area contributed by atoms with Crippen LogP contribution in [0, 0.1) is 0 Å². The molecule has 0 spiro atoms. The molecule has 0 aliphatic carbocycles. The number of fused-ring (bicyclic) bond motifs is 1. The van der Waals surface area contributed by atoms with Crippen LogP contribution in [0.1, 0.15) is 18.1 Å². The largest absolute Gasteiger partial charge is 0.486 e. The molecule has 27 heavy (non-hydrogen) atoms. The summed E-state index contributed by atoms with van der Waals surface area (Å²) in [6, 6.07) is 15.1. The van der Waals surface area contributed by atoms with Gasteiger partial charge in [-0.2, -0.15) is 0 Å². The van der Waals surface area contributed by atoms with Gasteiger partial charge in [0.15, 0.2) is 18.1 Å². The summed E-state index contributed by atoms with van der Waals surface area (Å²) in [4.78, 5) is 26.1. The standard InChI is InChI=1S/C21H23NO5/c1-2-22(14-16-6-4-3-5-7-16)20(23)15-27-21(24)13-17-8-9-18-19(12-17)26-11-10-25-18/h3-9,12H,2,10-11,13-15H2,1H3. The molecule has 6 nitrogen and oxygen atoms in total. The van der Waals surface area contributed by atoms with Crippen LogP contribution in [0.4, 0.5) is 0 Å². The van der Waals surface area contributed by atoms with Crippen molar-refractivity contribution in [3.05, 3.63) is 59.7 Å². The Hall–Kier alpha value is -3.02. The number of carbonyl (C=O) groups is 2. The van der Waals surface area contributed by atoms with Gasteiger partial charge in [0.05, 0.1) is 6.42 Å². The Morgan fingerprint density at radius 3 is 2.48 bits per heavy atom. The van der Waals surface area contributed by atoms with E-state index in [1.165, 1.54) is 0 Å². The second kappa shape index (κ2) is 9.07. The van der Waals surface area contributed by atoms with Gasteiger partial charge in [0.25, 0.3) is 5.91 Å². The maximum absolute atomic E-state index is 12.3. The molecule has 1 heterocycles. The predicted molar refractivity (Wildman–Crippen MR) is 99.6 cm³/mol. The molecule has 0 aromatic heterocycles. The van der Waals surface area contributed by atoms with Crippen molar-refractivity contribution in [2.75, 3.05) is 26.4 Å². The van der Waals surface area contributed by atoms with Crippen molar-refractivity contribution in [1.29, 1.82) is 0 Å². The molecule has 6 heteroatoms. The van der Waals surface area contributed by atoms with Crippen LogP contribution in [0.5, 0.6) is 11.5 Å². The normalized spacial score (nSPS) is 12.3. The van der Waals surface area contributed by atoms with Crippen molar-refractivity contribution in [2.45, 2.75) is 19.9 Å². The van der Waals surface area contributed by atoms with E-state index in [-0.39, 0.29) is 18.9 Å². The minimum absolute atomic E-state index is 0.0781. The number of likely N-dealkylation sites (N-methyl/N-ethyl adjacent to an activating group) is 1. The van der Waals surface area contributed by atoms with Gasteiger partial charge in [-0.3, -0.25) is 9.59 Å². The summed E-state index contributed by atoms with van der Waals surface area (Å²) in [5.74, 6) is 0.642. The fourth-order valence-electron chi connectivity index (χ4n) is 2.83. The molecule has 2 aromatic rings. The highest BCUT2D eigenvalue weighted by molar-refractivity contribution is 5.81. The lowest BCUT2D eigenvalue weighted by Gasteiger charge is -2.21. The number of hydrogen-bond acceptors (Lipinski definition) is 5. The summed E-state index contributed by atoms with van der Waals surface area (Å²) in [7, 11) is 0. The van der Waals surface area contributed by atoms with Crippen LogP contribution in [0.25, 0.3) is 0 Å². The van der Waals surface area contributed by atoms with E-state index in [1.807, 2.05) is 37.3 Å². The van der Waals surface area contributed by atoms with Gasteiger partial charge in [-0.1, -0.05) is 36.4 Å². The summed E-state index contributed by atoms with van der Waals surface area (Å²) in [5.41, 5.74) is 1.80. The molecule has 0 saturated heterocycles. The first-order chi connectivity index (χ1) is 13.2. The molecular weight excluding hydrogens is 346 g/mol. The van der Waals surface area contributed by atoms with E-state index in [0.29, 0.717) is 37.8 Å². The predicted octanol–water partition coefficient (Wildman–Crippen LogP) is 2.59. The highest BCUT2D eigenvalue weighted by Crippen LogP contribution is 2.30. The number of esters is 1. The molecule has 0 N–H and O–H groups in total. The first-order valence-electron chi connectivity index (χ1n) is 9.01. The lowest BCUT2D eigenvalue weighted by atomic mass is 10.1. The van der Waals surface area contributed by atoms with Crippen molar-refractivity contribution >= 4 is 11.9 Å². The van der Waals surface area contributed by atoms with Gasteiger partial charge < -0.3 is 19.1 Å². The van der Waals surface area contributed by atoms with Gasteiger partial charge in [0, 0.05) is 13.1 Å². The van der Waals surface area contributed by atoms with Crippen molar-refractivity contribution in [3.8, 4) is 11.5 Å². The molecule has 0 unspecified atom stereocenters. The summed E-state index contributed by atoms with van der Waals surface area (Å²) in [6.07, 6.45) is 0.0781. The number of nitrogens with zero attached hydrogens (tertiary/aromatic N) is 1. The third-order valence-corrected chi connectivity index (χ3v) is 4.26. The van der Waals surface area contributed by atoms with Crippen LogP contribution in [-0.4, -0.2) is 43.1 Å². The summed E-state index contributed by atoms with van der Waals surface area (Å²) in [6.45, 7) is 3.70. The van der Waals surface area contributed by atoms with E-state index < -0.39 is 5.97 Å². The molecule has 0 fully saturated rings. The second-order valence-electron chi connectivity index (χ2n) is 6.21. The van der Waals surface area contributed by atoms with Crippen molar-refractivity contribution in [1.82, 2.24) is 4.90 Å². The number of ether oxygens (including phenoxy) is 3. The van der Waals surface area contributed by atoms with Gasteiger partial charge in [-0.25, -0.2) is 0 Å². The molecule has 142 valence electrons. The van der Waals surface area contributed by atoms with E-state index in [1.54, 1.807) is 23.1 Å². The van der Waals surface area contributed by atoms with Crippen LogP contribution in [0.15, 0.2) is 48.5 Å². The zero-order valence-corrected chi connectivity index (χ0v) is 15.3.